The molecule has 1 atom stereocenters. The van der Waals surface area contributed by atoms with Crippen molar-refractivity contribution in [3.8, 4) is 0 Å². The number of hydrogen-bond donors (Lipinski definition) is 1. The Balaban J connectivity index is 2.27. The molecule has 2 aromatic carbocycles. The minimum Gasteiger partial charge on any atom is -0.507 e. The molecule has 6 heteroatoms. The molecule has 1 unspecified atom stereocenters. The van der Waals surface area contributed by atoms with Crippen LogP contribution in [0.4, 0.5) is 0 Å². The number of ketones is 1. The van der Waals surface area contributed by atoms with Crippen LogP contribution in [0.25, 0.3) is 5.76 Å². The van der Waals surface area contributed by atoms with Crippen LogP contribution < -0.4 is 0 Å². The van der Waals surface area contributed by atoms with Gasteiger partial charge in [-0.3, -0.25) is 9.59 Å². The average Bonchev–Trinajstić information content (AvgIpc) is 2.94. The zero-order valence-electron chi connectivity index (χ0n) is 18.4. The molecule has 1 N–H and O–H groups in total. The van der Waals surface area contributed by atoms with Gasteiger partial charge in [-0.05, 0) is 53.6 Å². The standard InChI is InChI=1S/C25H27Cl2NO3/c1-6-11-28-21(15-8-10-18(26)19(27)12-15)20(23(30)24(28)31)22(29)17-13-16(25(3,4)5)9-7-14(17)2/h7-10,12-13,21,29H,6,11H2,1-5H3/b22-20+. The van der Waals surface area contributed by atoms with Gasteiger partial charge in [0.15, 0.2) is 0 Å². The minimum atomic E-state index is -0.729. The average molecular weight is 460 g/mol. The van der Waals surface area contributed by atoms with Crippen molar-refractivity contribution in [2.75, 3.05) is 6.54 Å². The highest BCUT2D eigenvalue weighted by Crippen LogP contribution is 2.41. The fourth-order valence-corrected chi connectivity index (χ4v) is 4.18. The van der Waals surface area contributed by atoms with E-state index in [9.17, 15) is 14.7 Å². The number of benzene rings is 2. The molecule has 0 aromatic heterocycles. The maximum absolute atomic E-state index is 13.1. The van der Waals surface area contributed by atoms with Gasteiger partial charge < -0.3 is 10.0 Å². The van der Waals surface area contributed by atoms with Crippen molar-refractivity contribution in [2.45, 2.75) is 52.5 Å². The second-order valence-electron chi connectivity index (χ2n) is 8.95. The van der Waals surface area contributed by atoms with Crippen LogP contribution in [0, 0.1) is 6.92 Å². The van der Waals surface area contributed by atoms with Gasteiger partial charge in [0.2, 0.25) is 0 Å². The fourth-order valence-electron chi connectivity index (χ4n) is 3.87. The number of halogens is 2. The minimum absolute atomic E-state index is 0.0750. The molecule has 1 amide bonds. The molecule has 31 heavy (non-hydrogen) atoms. The third-order valence-corrected chi connectivity index (χ3v) is 6.36. The Bertz CT molecular complexity index is 1080. The van der Waals surface area contributed by atoms with Crippen molar-refractivity contribution in [1.29, 1.82) is 0 Å². The summed E-state index contributed by atoms with van der Waals surface area (Å²) >= 11 is 12.3. The number of Topliss-reactive ketones (excluding diaryl/α,β-unsaturated/α-hetero) is 1. The first-order valence-electron chi connectivity index (χ1n) is 10.3. The van der Waals surface area contributed by atoms with Crippen molar-refractivity contribution in [3.05, 3.63) is 74.3 Å². The van der Waals surface area contributed by atoms with E-state index in [1.165, 1.54) is 4.90 Å². The number of aliphatic hydroxyl groups excluding tert-OH is 1. The lowest BCUT2D eigenvalue weighted by molar-refractivity contribution is -0.139. The number of aliphatic hydroxyl groups is 1. The van der Waals surface area contributed by atoms with Gasteiger partial charge in [0.1, 0.15) is 5.76 Å². The highest BCUT2D eigenvalue weighted by Gasteiger charge is 2.46. The largest absolute Gasteiger partial charge is 0.507 e. The molecule has 2 aromatic rings. The van der Waals surface area contributed by atoms with E-state index in [4.69, 9.17) is 23.2 Å². The summed E-state index contributed by atoms with van der Waals surface area (Å²) in [6.07, 6.45) is 0.670. The van der Waals surface area contributed by atoms with E-state index in [1.54, 1.807) is 18.2 Å². The van der Waals surface area contributed by atoms with Crippen molar-refractivity contribution in [1.82, 2.24) is 4.90 Å². The maximum Gasteiger partial charge on any atom is 0.295 e. The fraction of sp³-hybridized carbons (Fsp3) is 0.360. The first-order valence-corrected chi connectivity index (χ1v) is 11.1. The number of carbonyl (C=O) groups excluding carboxylic acids is 2. The van der Waals surface area contributed by atoms with Gasteiger partial charge in [0.25, 0.3) is 11.7 Å². The predicted molar refractivity (Wildman–Crippen MR) is 126 cm³/mol. The van der Waals surface area contributed by atoms with E-state index in [0.29, 0.717) is 34.1 Å². The summed E-state index contributed by atoms with van der Waals surface area (Å²) in [6.45, 7) is 10.4. The van der Waals surface area contributed by atoms with Gasteiger partial charge in [-0.15, -0.1) is 0 Å². The third kappa shape index (κ3) is 4.37. The molecule has 3 rings (SSSR count). The maximum atomic E-state index is 13.1. The zero-order valence-corrected chi connectivity index (χ0v) is 19.9. The summed E-state index contributed by atoms with van der Waals surface area (Å²) in [7, 11) is 0. The van der Waals surface area contributed by atoms with Crippen LogP contribution in [-0.4, -0.2) is 28.2 Å². The molecule has 1 aliphatic heterocycles. The van der Waals surface area contributed by atoms with E-state index < -0.39 is 17.7 Å². The molecule has 0 spiro atoms. The number of hydrogen-bond acceptors (Lipinski definition) is 3. The number of rotatable bonds is 4. The molecule has 1 fully saturated rings. The second kappa shape index (κ2) is 8.68. The number of carbonyl (C=O) groups is 2. The SMILES string of the molecule is CCCN1C(=O)C(=O)/C(=C(/O)c2cc(C(C)(C)C)ccc2C)C1c1ccc(Cl)c(Cl)c1. The summed E-state index contributed by atoms with van der Waals surface area (Å²) in [6, 6.07) is 10.1. The Morgan fingerprint density at radius 1 is 1.06 bits per heavy atom. The summed E-state index contributed by atoms with van der Waals surface area (Å²) in [5.41, 5.74) is 2.96. The lowest BCUT2D eigenvalue weighted by Gasteiger charge is -2.25. The Morgan fingerprint density at radius 3 is 2.32 bits per heavy atom. The number of likely N-dealkylation sites (tertiary alicyclic amines) is 1. The van der Waals surface area contributed by atoms with Crippen molar-refractivity contribution in [3.63, 3.8) is 0 Å². The lowest BCUT2D eigenvalue weighted by atomic mass is 9.84. The van der Waals surface area contributed by atoms with Crippen LogP contribution in [-0.2, 0) is 15.0 Å². The van der Waals surface area contributed by atoms with Gasteiger partial charge in [0.05, 0.1) is 21.7 Å². The van der Waals surface area contributed by atoms with Crippen LogP contribution in [0.15, 0.2) is 42.0 Å². The van der Waals surface area contributed by atoms with Gasteiger partial charge in [0, 0.05) is 12.1 Å². The van der Waals surface area contributed by atoms with Crippen molar-refractivity contribution in [2.24, 2.45) is 0 Å². The quantitative estimate of drug-likeness (QED) is 0.325. The molecule has 0 saturated carbocycles. The number of amides is 1. The Hall–Kier alpha value is -2.30. The molecule has 0 bridgehead atoms. The van der Waals surface area contributed by atoms with Gasteiger partial charge >= 0.3 is 0 Å². The molecule has 1 saturated heterocycles. The second-order valence-corrected chi connectivity index (χ2v) is 9.76. The van der Waals surface area contributed by atoms with Crippen LogP contribution in [0.3, 0.4) is 0 Å². The smallest absolute Gasteiger partial charge is 0.295 e. The topological polar surface area (TPSA) is 57.6 Å². The van der Waals surface area contributed by atoms with Crippen molar-refractivity contribution < 1.29 is 14.7 Å². The molecular formula is C25H27Cl2NO3. The number of nitrogens with zero attached hydrogens (tertiary/aromatic N) is 1. The van der Waals surface area contributed by atoms with E-state index in [1.807, 2.05) is 32.0 Å². The molecular weight excluding hydrogens is 433 g/mol. The summed E-state index contributed by atoms with van der Waals surface area (Å²) in [4.78, 5) is 27.4. The first-order chi connectivity index (χ1) is 14.5. The van der Waals surface area contributed by atoms with Crippen LogP contribution in [0.5, 0.6) is 0 Å². The van der Waals surface area contributed by atoms with Crippen LogP contribution >= 0.6 is 23.2 Å². The van der Waals surface area contributed by atoms with Gasteiger partial charge in [-0.25, -0.2) is 0 Å². The summed E-state index contributed by atoms with van der Waals surface area (Å²) < 4.78 is 0. The molecule has 1 heterocycles. The Labute approximate surface area is 193 Å². The van der Waals surface area contributed by atoms with Crippen LogP contribution in [0.2, 0.25) is 10.0 Å². The van der Waals surface area contributed by atoms with E-state index in [0.717, 1.165) is 11.1 Å². The highest BCUT2D eigenvalue weighted by molar-refractivity contribution is 6.47. The number of aryl methyl sites for hydroxylation is 1. The van der Waals surface area contributed by atoms with E-state index in [-0.39, 0.29) is 16.7 Å². The molecule has 164 valence electrons. The normalized spacial score (nSPS) is 18.7. The van der Waals surface area contributed by atoms with Gasteiger partial charge in [-0.1, -0.05) is 69.1 Å². The van der Waals surface area contributed by atoms with E-state index in [2.05, 4.69) is 20.8 Å². The highest BCUT2D eigenvalue weighted by atomic mass is 35.5. The third-order valence-electron chi connectivity index (χ3n) is 5.62. The summed E-state index contributed by atoms with van der Waals surface area (Å²) in [5.74, 6) is -1.48. The summed E-state index contributed by atoms with van der Waals surface area (Å²) in [5, 5.41) is 12.0. The van der Waals surface area contributed by atoms with Crippen molar-refractivity contribution >= 4 is 40.7 Å². The predicted octanol–water partition coefficient (Wildman–Crippen LogP) is 6.43. The molecule has 0 aliphatic carbocycles. The molecule has 1 aliphatic rings. The lowest BCUT2D eigenvalue weighted by Crippen LogP contribution is -2.30. The first kappa shape index (κ1) is 23.4. The Morgan fingerprint density at radius 2 is 1.74 bits per heavy atom. The van der Waals surface area contributed by atoms with E-state index >= 15 is 0 Å². The zero-order chi connectivity index (χ0) is 23.1. The van der Waals surface area contributed by atoms with Gasteiger partial charge in [-0.2, -0.15) is 0 Å². The molecule has 4 nitrogen and oxygen atoms in total. The molecule has 0 radical (unpaired) electrons. The van der Waals surface area contributed by atoms with Crippen LogP contribution in [0.1, 0.15) is 62.4 Å². The Kier molecular flexibility index (Phi) is 6.54. The monoisotopic (exact) mass is 459 g/mol.